The van der Waals surface area contributed by atoms with Crippen molar-refractivity contribution in [2.24, 2.45) is 11.8 Å². The second kappa shape index (κ2) is 3.51. The lowest BCUT2D eigenvalue weighted by molar-refractivity contribution is 0.475. The van der Waals surface area contributed by atoms with Crippen molar-refractivity contribution in [3.8, 4) is 0 Å². The second-order valence-electron chi connectivity index (χ2n) is 4.44. The molecule has 0 saturated heterocycles. The molecule has 1 N–H and O–H groups in total. The summed E-state index contributed by atoms with van der Waals surface area (Å²) in [5.41, 5.74) is 1.26. The van der Waals surface area contributed by atoms with Crippen molar-refractivity contribution < 1.29 is 0 Å². The van der Waals surface area contributed by atoms with Gasteiger partial charge in [0.15, 0.2) is 0 Å². The third-order valence-electron chi connectivity index (χ3n) is 3.59. The van der Waals surface area contributed by atoms with Crippen LogP contribution < -0.4 is 5.32 Å². The molecule has 2 fully saturated rings. The van der Waals surface area contributed by atoms with Gasteiger partial charge in [-0.25, -0.2) is 0 Å². The van der Waals surface area contributed by atoms with E-state index in [0.29, 0.717) is 0 Å². The summed E-state index contributed by atoms with van der Waals surface area (Å²) in [6, 6.07) is 2.90. The van der Waals surface area contributed by atoms with Gasteiger partial charge >= 0.3 is 0 Å². The largest absolute Gasteiger partial charge is 0.310 e. The quantitative estimate of drug-likeness (QED) is 0.836. The van der Waals surface area contributed by atoms with Crippen LogP contribution in [0, 0.1) is 11.8 Å². The van der Waals surface area contributed by atoms with Crippen LogP contribution in [0.2, 0.25) is 4.34 Å². The molecule has 3 atom stereocenters. The molecular weight excluding hydrogens is 214 g/mol. The molecule has 1 nitrogen and oxygen atoms in total. The first-order valence-electron chi connectivity index (χ1n) is 5.30. The van der Waals surface area contributed by atoms with Gasteiger partial charge in [0.25, 0.3) is 0 Å². The third kappa shape index (κ3) is 1.60. The predicted octanol–water partition coefficient (Wildman–Crippen LogP) is 3.29. The minimum Gasteiger partial charge on any atom is -0.310 e. The molecule has 2 aliphatic rings. The highest BCUT2D eigenvalue weighted by Crippen LogP contribution is 2.51. The number of rotatable bonds is 3. The zero-order valence-corrected chi connectivity index (χ0v) is 9.57. The molecule has 0 radical (unpaired) electrons. The standard InChI is InChI=1S/C11H14ClNS/c12-11-8(3-4-14-11)6-13-10-2-1-7-5-9(7)10/h3-4,7,9-10,13H,1-2,5-6H2/t7-,9+,10?/m1/s1. The molecule has 1 aromatic heterocycles. The fraction of sp³-hybridized carbons (Fsp3) is 0.636. The van der Waals surface area contributed by atoms with Gasteiger partial charge in [0.05, 0.1) is 4.34 Å². The average Bonchev–Trinajstić information content (AvgIpc) is 2.68. The molecule has 2 aliphatic carbocycles. The van der Waals surface area contributed by atoms with Crippen LogP contribution in [0.4, 0.5) is 0 Å². The minimum atomic E-state index is 0.774. The maximum Gasteiger partial charge on any atom is 0.0973 e. The number of halogens is 1. The van der Waals surface area contributed by atoms with Gasteiger partial charge in [-0.1, -0.05) is 11.6 Å². The zero-order valence-electron chi connectivity index (χ0n) is 8.00. The minimum absolute atomic E-state index is 0.774. The zero-order chi connectivity index (χ0) is 9.54. The van der Waals surface area contributed by atoms with Gasteiger partial charge in [-0.05, 0) is 48.1 Å². The van der Waals surface area contributed by atoms with Crippen LogP contribution >= 0.6 is 22.9 Å². The van der Waals surface area contributed by atoms with Gasteiger partial charge in [-0.2, -0.15) is 0 Å². The molecule has 76 valence electrons. The maximum absolute atomic E-state index is 6.05. The summed E-state index contributed by atoms with van der Waals surface area (Å²) in [5.74, 6) is 2.05. The highest BCUT2D eigenvalue weighted by Gasteiger charge is 2.47. The summed E-state index contributed by atoms with van der Waals surface area (Å²) >= 11 is 7.67. The van der Waals surface area contributed by atoms with E-state index in [4.69, 9.17) is 11.6 Å². The summed E-state index contributed by atoms with van der Waals surface area (Å²) in [5, 5.41) is 5.70. The molecule has 1 heterocycles. The lowest BCUT2D eigenvalue weighted by atomic mass is 10.1. The van der Waals surface area contributed by atoms with E-state index in [9.17, 15) is 0 Å². The lowest BCUT2D eigenvalue weighted by Crippen LogP contribution is -2.28. The summed E-state index contributed by atoms with van der Waals surface area (Å²) in [7, 11) is 0. The molecule has 1 aromatic rings. The maximum atomic E-state index is 6.05. The van der Waals surface area contributed by atoms with Crippen LogP contribution in [0.3, 0.4) is 0 Å². The fourth-order valence-corrected chi connectivity index (χ4v) is 3.57. The van der Waals surface area contributed by atoms with Gasteiger partial charge in [0, 0.05) is 12.6 Å². The molecule has 14 heavy (non-hydrogen) atoms. The molecule has 0 aliphatic heterocycles. The molecule has 0 bridgehead atoms. The Bertz CT molecular complexity index is 336. The van der Waals surface area contributed by atoms with E-state index >= 15 is 0 Å². The Morgan fingerprint density at radius 3 is 3.00 bits per heavy atom. The van der Waals surface area contributed by atoms with Crippen LogP contribution in [0.15, 0.2) is 11.4 Å². The van der Waals surface area contributed by atoms with Crippen molar-refractivity contribution in [1.82, 2.24) is 5.32 Å². The number of nitrogens with one attached hydrogen (secondary N) is 1. The first-order valence-corrected chi connectivity index (χ1v) is 6.55. The highest BCUT2D eigenvalue weighted by atomic mass is 35.5. The third-order valence-corrected chi connectivity index (χ3v) is 4.84. The Labute approximate surface area is 93.5 Å². The van der Waals surface area contributed by atoms with Gasteiger partial charge < -0.3 is 5.32 Å². The van der Waals surface area contributed by atoms with E-state index in [0.717, 1.165) is 28.8 Å². The number of thiophene rings is 1. The summed E-state index contributed by atoms with van der Waals surface area (Å²) in [4.78, 5) is 0. The van der Waals surface area contributed by atoms with Gasteiger partial charge in [0.2, 0.25) is 0 Å². The van der Waals surface area contributed by atoms with E-state index in [1.54, 1.807) is 11.3 Å². The van der Waals surface area contributed by atoms with Crippen molar-refractivity contribution in [2.75, 3.05) is 0 Å². The van der Waals surface area contributed by atoms with E-state index in [1.165, 1.54) is 24.8 Å². The molecule has 1 unspecified atom stereocenters. The number of hydrogen-bond acceptors (Lipinski definition) is 2. The topological polar surface area (TPSA) is 12.0 Å². The SMILES string of the molecule is Clc1sccc1CNC1CC[C@@H]2C[C@H]12. The fourth-order valence-electron chi connectivity index (χ4n) is 2.64. The predicted molar refractivity (Wildman–Crippen MR) is 60.8 cm³/mol. The van der Waals surface area contributed by atoms with Gasteiger partial charge in [-0.3, -0.25) is 0 Å². The molecule has 0 aromatic carbocycles. The van der Waals surface area contributed by atoms with E-state index in [-0.39, 0.29) is 0 Å². The van der Waals surface area contributed by atoms with E-state index in [1.807, 2.05) is 0 Å². The van der Waals surface area contributed by atoms with Gasteiger partial charge in [0.1, 0.15) is 0 Å². The molecule has 0 spiro atoms. The van der Waals surface area contributed by atoms with Crippen molar-refractivity contribution in [2.45, 2.75) is 31.8 Å². The first kappa shape index (κ1) is 9.20. The Balaban J connectivity index is 1.56. The normalized spacial score (nSPS) is 34.5. The average molecular weight is 228 g/mol. The highest BCUT2D eigenvalue weighted by molar-refractivity contribution is 7.14. The molecule has 2 saturated carbocycles. The van der Waals surface area contributed by atoms with E-state index < -0.39 is 0 Å². The smallest absolute Gasteiger partial charge is 0.0973 e. The Kier molecular flexibility index (Phi) is 2.31. The molecular formula is C11H14ClNS. The number of fused-ring (bicyclic) bond motifs is 1. The van der Waals surface area contributed by atoms with Crippen LogP contribution in [-0.4, -0.2) is 6.04 Å². The summed E-state index contributed by atoms with van der Waals surface area (Å²) < 4.78 is 0.947. The summed E-state index contributed by atoms with van der Waals surface area (Å²) in [6.45, 7) is 0.955. The lowest BCUT2D eigenvalue weighted by Gasteiger charge is -2.13. The van der Waals surface area contributed by atoms with Gasteiger partial charge in [-0.15, -0.1) is 11.3 Å². The first-order chi connectivity index (χ1) is 6.84. The number of hydrogen-bond donors (Lipinski definition) is 1. The Morgan fingerprint density at radius 1 is 1.50 bits per heavy atom. The van der Waals surface area contributed by atoms with Crippen molar-refractivity contribution in [1.29, 1.82) is 0 Å². The Morgan fingerprint density at radius 2 is 2.43 bits per heavy atom. The Hall–Kier alpha value is -0.0500. The van der Waals surface area contributed by atoms with Crippen molar-refractivity contribution in [3.05, 3.63) is 21.3 Å². The monoisotopic (exact) mass is 227 g/mol. The van der Waals surface area contributed by atoms with E-state index in [2.05, 4.69) is 16.8 Å². The molecule has 0 amide bonds. The second-order valence-corrected chi connectivity index (χ2v) is 5.96. The summed E-state index contributed by atoms with van der Waals surface area (Å²) in [6.07, 6.45) is 4.28. The van der Waals surface area contributed by atoms with Crippen LogP contribution in [0.1, 0.15) is 24.8 Å². The van der Waals surface area contributed by atoms with Crippen molar-refractivity contribution >= 4 is 22.9 Å². The molecule has 3 heteroatoms. The van der Waals surface area contributed by atoms with Crippen LogP contribution in [0.5, 0.6) is 0 Å². The van der Waals surface area contributed by atoms with Crippen LogP contribution in [-0.2, 0) is 6.54 Å². The molecule has 3 rings (SSSR count). The van der Waals surface area contributed by atoms with Crippen LogP contribution in [0.25, 0.3) is 0 Å². The van der Waals surface area contributed by atoms with Crippen molar-refractivity contribution in [3.63, 3.8) is 0 Å².